The fraction of sp³-hybridized carbons (Fsp3) is 0.278. The van der Waals surface area contributed by atoms with Gasteiger partial charge in [-0.1, -0.05) is 30.3 Å². The third-order valence-electron chi connectivity index (χ3n) is 3.93. The van der Waals surface area contributed by atoms with Gasteiger partial charge in [-0.2, -0.15) is 0 Å². The minimum Gasteiger partial charge on any atom is -0.502 e. The summed E-state index contributed by atoms with van der Waals surface area (Å²) >= 11 is 0. The smallest absolute Gasteiger partial charge is 0.341 e. The topological polar surface area (TPSA) is 64.8 Å². The van der Waals surface area contributed by atoms with E-state index in [4.69, 9.17) is 15.2 Å². The Labute approximate surface area is 143 Å². The van der Waals surface area contributed by atoms with Crippen LogP contribution in [0.3, 0.4) is 0 Å². The Morgan fingerprint density at radius 2 is 1.96 bits per heavy atom. The first-order valence-corrected chi connectivity index (χ1v) is 7.88. The van der Waals surface area contributed by atoms with Gasteiger partial charge in [0.1, 0.15) is 11.3 Å². The zero-order valence-corrected chi connectivity index (χ0v) is 14.6. The lowest BCUT2D eigenvalue weighted by molar-refractivity contribution is 0.0596. The fourth-order valence-corrected chi connectivity index (χ4v) is 2.67. The lowest BCUT2D eigenvalue weighted by Crippen LogP contribution is -2.20. The predicted molar refractivity (Wildman–Crippen MR) is 99.5 cm³/mol. The summed E-state index contributed by atoms with van der Waals surface area (Å²) in [5.41, 5.74) is 9.90. The molecule has 0 aliphatic rings. The Kier molecular flexibility index (Phi) is 5.74. The van der Waals surface area contributed by atoms with Gasteiger partial charge in [-0.05, 0) is 18.1 Å². The molecule has 0 unspecified atom stereocenters. The van der Waals surface area contributed by atoms with E-state index in [1.54, 1.807) is 6.07 Å². The van der Waals surface area contributed by atoms with Crippen molar-refractivity contribution in [1.82, 2.24) is 0 Å². The highest BCUT2D eigenvalue weighted by Crippen LogP contribution is 2.36. The monoisotopic (exact) mass is 326 g/mol. The summed E-state index contributed by atoms with van der Waals surface area (Å²) in [7, 11) is 5.19. The molecule has 0 fully saturated rings. The average molecular weight is 326 g/mol. The molecule has 0 spiro atoms. The number of benzene rings is 2. The molecule has 0 aliphatic carbocycles. The summed E-state index contributed by atoms with van der Waals surface area (Å²) in [5, 5.41) is 0. The predicted octanol–water partition coefficient (Wildman–Crippen LogP) is 1.97. The standard InChI is InChI=1S/C18H23BN2O3/c1-12-16(18(22)23-3)15(24-11-19)9-14(17(12)20)21(2)10-13-7-5-4-6-8-13/h4-9H,10-11,19-20H2,1-3H3. The molecular formula is C18H23BN2O3. The van der Waals surface area contributed by atoms with Gasteiger partial charge in [-0.15, -0.1) is 0 Å². The minimum atomic E-state index is -0.445. The van der Waals surface area contributed by atoms with Gasteiger partial charge in [0.05, 0.1) is 25.0 Å². The largest absolute Gasteiger partial charge is 0.502 e. The number of anilines is 2. The molecule has 6 heteroatoms. The van der Waals surface area contributed by atoms with E-state index in [1.807, 2.05) is 44.9 Å². The molecule has 2 aromatic rings. The van der Waals surface area contributed by atoms with Crippen LogP contribution in [0.5, 0.6) is 5.75 Å². The first-order chi connectivity index (χ1) is 11.5. The van der Waals surface area contributed by atoms with Crippen LogP contribution in [-0.2, 0) is 11.3 Å². The Hall–Kier alpha value is -2.63. The maximum absolute atomic E-state index is 12.1. The molecule has 0 radical (unpaired) electrons. The van der Waals surface area contributed by atoms with Crippen LogP contribution in [0.1, 0.15) is 21.5 Å². The van der Waals surface area contributed by atoms with Crippen molar-refractivity contribution in [3.8, 4) is 5.75 Å². The molecule has 2 aromatic carbocycles. The van der Waals surface area contributed by atoms with Gasteiger partial charge in [0, 0.05) is 19.7 Å². The van der Waals surface area contributed by atoms with Crippen molar-refractivity contribution in [3.05, 3.63) is 53.1 Å². The quantitative estimate of drug-likeness (QED) is 0.499. The molecule has 24 heavy (non-hydrogen) atoms. The number of methoxy groups -OCH3 is 1. The number of esters is 1. The van der Waals surface area contributed by atoms with E-state index in [0.717, 1.165) is 5.69 Å². The number of carbonyl (C=O) groups excluding carboxylic acids is 1. The van der Waals surface area contributed by atoms with Crippen molar-refractivity contribution < 1.29 is 14.3 Å². The maximum atomic E-state index is 12.1. The number of nitrogens with two attached hydrogens (primary N) is 1. The van der Waals surface area contributed by atoms with Crippen LogP contribution in [0.25, 0.3) is 0 Å². The van der Waals surface area contributed by atoms with Gasteiger partial charge in [-0.3, -0.25) is 0 Å². The molecule has 2 rings (SSSR count). The van der Waals surface area contributed by atoms with Gasteiger partial charge < -0.3 is 20.1 Å². The lowest BCUT2D eigenvalue weighted by atomic mass is 10.0. The number of nitrogens with zero attached hydrogens (tertiary/aromatic N) is 1. The molecule has 126 valence electrons. The Morgan fingerprint density at radius 3 is 2.54 bits per heavy atom. The van der Waals surface area contributed by atoms with E-state index in [9.17, 15) is 4.79 Å². The van der Waals surface area contributed by atoms with E-state index < -0.39 is 5.97 Å². The number of hydrogen-bond donors (Lipinski definition) is 1. The molecule has 0 saturated carbocycles. The second kappa shape index (κ2) is 7.77. The van der Waals surface area contributed by atoms with Crippen molar-refractivity contribution in [2.75, 3.05) is 31.3 Å². The number of hydrogen-bond acceptors (Lipinski definition) is 5. The van der Waals surface area contributed by atoms with Gasteiger partial charge in [0.15, 0.2) is 7.85 Å². The van der Waals surface area contributed by atoms with Crippen LogP contribution >= 0.6 is 0 Å². The molecule has 5 nitrogen and oxygen atoms in total. The highest BCUT2D eigenvalue weighted by atomic mass is 16.5. The number of nitrogen functional groups attached to an aromatic ring is 1. The lowest BCUT2D eigenvalue weighted by Gasteiger charge is -2.24. The third kappa shape index (κ3) is 3.64. The van der Waals surface area contributed by atoms with E-state index >= 15 is 0 Å². The van der Waals surface area contributed by atoms with Gasteiger partial charge in [0.2, 0.25) is 0 Å². The van der Waals surface area contributed by atoms with Gasteiger partial charge in [-0.25, -0.2) is 4.79 Å². The second-order valence-electron chi connectivity index (χ2n) is 5.57. The first kappa shape index (κ1) is 17.7. The maximum Gasteiger partial charge on any atom is 0.341 e. The first-order valence-electron chi connectivity index (χ1n) is 7.88. The zero-order valence-electron chi connectivity index (χ0n) is 14.6. The molecule has 0 saturated heterocycles. The molecular weight excluding hydrogens is 303 g/mol. The zero-order chi connectivity index (χ0) is 17.7. The van der Waals surface area contributed by atoms with Crippen LogP contribution in [0.4, 0.5) is 11.4 Å². The highest BCUT2D eigenvalue weighted by Gasteiger charge is 2.22. The SMILES string of the molecule is BCOc1cc(N(C)Cc2ccccc2)c(N)c(C)c1C(=O)OC. The Morgan fingerprint density at radius 1 is 1.29 bits per heavy atom. The molecule has 0 amide bonds. The van der Waals surface area contributed by atoms with Crippen molar-refractivity contribution in [1.29, 1.82) is 0 Å². The Bertz CT molecular complexity index is 720. The van der Waals surface area contributed by atoms with Crippen LogP contribution in [-0.4, -0.2) is 34.5 Å². The average Bonchev–Trinajstić information content (AvgIpc) is 2.58. The summed E-state index contributed by atoms with van der Waals surface area (Å²) in [4.78, 5) is 14.1. The molecule has 2 N–H and O–H groups in total. The molecule has 0 aliphatic heterocycles. The molecule has 0 aromatic heterocycles. The summed E-state index contributed by atoms with van der Waals surface area (Å²) in [6.45, 7) is 2.97. The second-order valence-corrected chi connectivity index (χ2v) is 5.57. The van der Waals surface area contributed by atoms with Crippen molar-refractivity contribution in [2.45, 2.75) is 13.5 Å². The van der Waals surface area contributed by atoms with Crippen LogP contribution in [0.15, 0.2) is 36.4 Å². The number of rotatable bonds is 6. The molecule has 0 atom stereocenters. The van der Waals surface area contributed by atoms with Crippen molar-refractivity contribution >= 4 is 25.2 Å². The van der Waals surface area contributed by atoms with Crippen molar-refractivity contribution in [3.63, 3.8) is 0 Å². The van der Waals surface area contributed by atoms with E-state index in [-0.39, 0.29) is 0 Å². The highest BCUT2D eigenvalue weighted by molar-refractivity contribution is 6.08. The van der Waals surface area contributed by atoms with Gasteiger partial charge >= 0.3 is 5.97 Å². The van der Waals surface area contributed by atoms with Crippen LogP contribution < -0.4 is 15.4 Å². The van der Waals surface area contributed by atoms with E-state index in [2.05, 4.69) is 12.1 Å². The van der Waals surface area contributed by atoms with Crippen LogP contribution in [0.2, 0.25) is 0 Å². The summed E-state index contributed by atoms with van der Waals surface area (Å²) in [6, 6.07) is 11.9. The number of ether oxygens (including phenoxy) is 2. The van der Waals surface area contributed by atoms with E-state index in [1.165, 1.54) is 12.7 Å². The third-order valence-corrected chi connectivity index (χ3v) is 3.93. The summed E-state index contributed by atoms with van der Waals surface area (Å²) in [6.07, 6.45) is 0. The van der Waals surface area contributed by atoms with Crippen LogP contribution in [0, 0.1) is 6.92 Å². The Balaban J connectivity index is 2.45. The number of carbonyl (C=O) groups is 1. The molecule has 0 bridgehead atoms. The van der Waals surface area contributed by atoms with Crippen molar-refractivity contribution in [2.24, 2.45) is 0 Å². The fourth-order valence-electron chi connectivity index (χ4n) is 2.67. The normalized spacial score (nSPS) is 10.3. The van der Waals surface area contributed by atoms with E-state index in [0.29, 0.717) is 35.6 Å². The molecule has 0 heterocycles. The summed E-state index contributed by atoms with van der Waals surface area (Å²) < 4.78 is 10.5. The summed E-state index contributed by atoms with van der Waals surface area (Å²) in [5.74, 6) is 0.0471. The minimum absolute atomic E-state index is 0.383. The van der Waals surface area contributed by atoms with Gasteiger partial charge in [0.25, 0.3) is 0 Å².